The number of aromatic nitrogens is 3. The van der Waals surface area contributed by atoms with Crippen LogP contribution >= 0.6 is 11.8 Å². The lowest BCUT2D eigenvalue weighted by atomic mass is 10.1. The van der Waals surface area contributed by atoms with Crippen LogP contribution in [0.5, 0.6) is 11.5 Å². The zero-order chi connectivity index (χ0) is 18.4. The number of nitrogens with two attached hydrogens (primary N) is 1. The minimum absolute atomic E-state index is 0.00568. The third kappa shape index (κ3) is 4.79. The Balaban J connectivity index is 1.86. The van der Waals surface area contributed by atoms with Crippen LogP contribution in [0.2, 0.25) is 0 Å². The van der Waals surface area contributed by atoms with Crippen molar-refractivity contribution >= 4 is 17.7 Å². The van der Waals surface area contributed by atoms with E-state index < -0.39 is 0 Å². The molecule has 0 fully saturated rings. The highest BCUT2D eigenvalue weighted by Gasteiger charge is 2.13. The number of carbonyl (C=O) groups is 1. The van der Waals surface area contributed by atoms with E-state index in [1.807, 2.05) is 18.2 Å². The summed E-state index contributed by atoms with van der Waals surface area (Å²) in [5.74, 6) is 8.02. The zero-order valence-electron chi connectivity index (χ0n) is 14.9. The summed E-state index contributed by atoms with van der Waals surface area (Å²) in [6.07, 6.45) is 0.722. The average molecular weight is 365 g/mol. The number of nitrogen functional groups attached to an aromatic ring is 1. The number of hydrogen-bond acceptors (Lipinski definition) is 7. The highest BCUT2D eigenvalue weighted by Crippen LogP contribution is 2.27. The van der Waals surface area contributed by atoms with Gasteiger partial charge < -0.3 is 20.2 Å². The van der Waals surface area contributed by atoms with Crippen LogP contribution in [-0.4, -0.2) is 59.2 Å². The van der Waals surface area contributed by atoms with E-state index >= 15 is 0 Å². The van der Waals surface area contributed by atoms with E-state index in [1.165, 1.54) is 16.4 Å². The third-order valence-corrected chi connectivity index (χ3v) is 4.70. The van der Waals surface area contributed by atoms with Gasteiger partial charge in [0.25, 0.3) is 0 Å². The number of thioether (sulfide) groups is 1. The van der Waals surface area contributed by atoms with Crippen LogP contribution in [0.15, 0.2) is 23.4 Å². The molecule has 0 saturated heterocycles. The van der Waals surface area contributed by atoms with E-state index in [9.17, 15) is 4.79 Å². The molecule has 25 heavy (non-hydrogen) atoms. The number of amides is 1. The van der Waals surface area contributed by atoms with Gasteiger partial charge in [0.05, 0.1) is 20.0 Å². The van der Waals surface area contributed by atoms with Gasteiger partial charge in [-0.25, -0.2) is 4.68 Å². The molecule has 136 valence electrons. The van der Waals surface area contributed by atoms with E-state index in [0.717, 1.165) is 12.0 Å². The molecule has 0 unspecified atom stereocenters. The summed E-state index contributed by atoms with van der Waals surface area (Å²) in [4.78, 5) is 13.9. The highest BCUT2D eigenvalue weighted by atomic mass is 32.2. The van der Waals surface area contributed by atoms with Gasteiger partial charge in [0, 0.05) is 13.6 Å². The Bertz CT molecular complexity index is 735. The second-order valence-electron chi connectivity index (χ2n) is 5.44. The standard InChI is InChI=1S/C16H23N5O3S/c1-11-18-19-16(21(11)17)25-10-15(22)20(2)8-7-12-5-6-13(23-3)14(9-12)24-4/h5-6,9H,7-8,10,17H2,1-4H3. The molecule has 0 radical (unpaired) electrons. The Labute approximate surface area is 151 Å². The molecule has 0 aliphatic rings. The van der Waals surface area contributed by atoms with Gasteiger partial charge in [-0.1, -0.05) is 17.8 Å². The largest absolute Gasteiger partial charge is 0.493 e. The monoisotopic (exact) mass is 365 g/mol. The highest BCUT2D eigenvalue weighted by molar-refractivity contribution is 7.99. The summed E-state index contributed by atoms with van der Waals surface area (Å²) < 4.78 is 11.9. The molecule has 0 atom stereocenters. The summed E-state index contributed by atoms with van der Waals surface area (Å²) in [5.41, 5.74) is 1.07. The molecule has 2 N–H and O–H groups in total. The summed E-state index contributed by atoms with van der Waals surface area (Å²) in [5, 5.41) is 8.32. The van der Waals surface area contributed by atoms with Crippen molar-refractivity contribution in [3.05, 3.63) is 29.6 Å². The molecule has 2 rings (SSSR count). The molecule has 9 heteroatoms. The van der Waals surface area contributed by atoms with Crippen molar-refractivity contribution in [1.29, 1.82) is 0 Å². The van der Waals surface area contributed by atoms with Crippen molar-refractivity contribution in [2.45, 2.75) is 18.5 Å². The maximum Gasteiger partial charge on any atom is 0.232 e. The second-order valence-corrected chi connectivity index (χ2v) is 6.39. The Kier molecular flexibility index (Phi) is 6.51. The van der Waals surface area contributed by atoms with E-state index in [1.54, 1.807) is 33.1 Å². The first-order valence-corrected chi connectivity index (χ1v) is 8.69. The van der Waals surface area contributed by atoms with Gasteiger partial charge in [0.1, 0.15) is 5.82 Å². The fourth-order valence-corrected chi connectivity index (χ4v) is 2.99. The smallest absolute Gasteiger partial charge is 0.232 e. The molecule has 1 aromatic heterocycles. The van der Waals surface area contributed by atoms with Crippen molar-refractivity contribution in [3.63, 3.8) is 0 Å². The molecule has 1 heterocycles. The number of rotatable bonds is 8. The number of benzene rings is 1. The summed E-state index contributed by atoms with van der Waals surface area (Å²) in [6.45, 7) is 2.36. The predicted molar refractivity (Wildman–Crippen MR) is 96.5 cm³/mol. The topological polar surface area (TPSA) is 95.5 Å². The van der Waals surface area contributed by atoms with Gasteiger partial charge in [0.2, 0.25) is 11.1 Å². The number of aryl methyl sites for hydroxylation is 1. The molecular weight excluding hydrogens is 342 g/mol. The number of likely N-dealkylation sites (N-methyl/N-ethyl adjacent to an activating group) is 1. The van der Waals surface area contributed by atoms with Crippen LogP contribution in [0.25, 0.3) is 0 Å². The fraction of sp³-hybridized carbons (Fsp3) is 0.438. The van der Waals surface area contributed by atoms with E-state index in [0.29, 0.717) is 29.0 Å². The second kappa shape index (κ2) is 8.61. The molecular formula is C16H23N5O3S. The number of nitrogens with zero attached hydrogens (tertiary/aromatic N) is 4. The van der Waals surface area contributed by atoms with E-state index in [4.69, 9.17) is 15.3 Å². The predicted octanol–water partition coefficient (Wildman–Crippen LogP) is 1.11. The van der Waals surface area contributed by atoms with Crippen LogP contribution in [-0.2, 0) is 11.2 Å². The van der Waals surface area contributed by atoms with Crippen LogP contribution in [0.3, 0.4) is 0 Å². The molecule has 0 spiro atoms. The Morgan fingerprint density at radius 3 is 2.60 bits per heavy atom. The van der Waals surface area contributed by atoms with Gasteiger partial charge >= 0.3 is 0 Å². The minimum atomic E-state index is 0.00568. The molecule has 0 aliphatic carbocycles. The number of methoxy groups -OCH3 is 2. The maximum absolute atomic E-state index is 12.2. The lowest BCUT2D eigenvalue weighted by Gasteiger charge is -2.17. The lowest BCUT2D eigenvalue weighted by Crippen LogP contribution is -2.30. The quantitative estimate of drug-likeness (QED) is 0.553. The summed E-state index contributed by atoms with van der Waals surface area (Å²) >= 11 is 1.27. The van der Waals surface area contributed by atoms with E-state index in [-0.39, 0.29) is 11.7 Å². The van der Waals surface area contributed by atoms with E-state index in [2.05, 4.69) is 10.2 Å². The molecule has 0 saturated carbocycles. The number of hydrogen-bond donors (Lipinski definition) is 1. The first-order valence-electron chi connectivity index (χ1n) is 7.71. The molecule has 1 amide bonds. The average Bonchev–Trinajstić information content (AvgIpc) is 2.95. The summed E-state index contributed by atoms with van der Waals surface area (Å²) in [6, 6.07) is 5.75. The van der Waals surface area contributed by atoms with Gasteiger partial charge in [0.15, 0.2) is 11.5 Å². The molecule has 8 nitrogen and oxygen atoms in total. The Morgan fingerprint density at radius 2 is 2.00 bits per heavy atom. The van der Waals surface area contributed by atoms with Gasteiger partial charge in [-0.3, -0.25) is 4.79 Å². The van der Waals surface area contributed by atoms with Gasteiger partial charge in [-0.2, -0.15) is 0 Å². The van der Waals surface area contributed by atoms with Crippen molar-refractivity contribution in [1.82, 2.24) is 19.8 Å². The first-order chi connectivity index (χ1) is 12.0. The minimum Gasteiger partial charge on any atom is -0.493 e. The van der Waals surface area contributed by atoms with Crippen LogP contribution in [0, 0.1) is 6.92 Å². The Hall–Kier alpha value is -2.42. The molecule has 0 aliphatic heterocycles. The van der Waals surface area contributed by atoms with Crippen LogP contribution < -0.4 is 15.3 Å². The molecule has 0 bridgehead atoms. The maximum atomic E-state index is 12.2. The first kappa shape index (κ1) is 18.9. The SMILES string of the molecule is COc1ccc(CCN(C)C(=O)CSc2nnc(C)n2N)cc1OC. The molecule has 2 aromatic rings. The normalized spacial score (nSPS) is 10.6. The molecule has 1 aromatic carbocycles. The fourth-order valence-electron chi connectivity index (χ4n) is 2.14. The van der Waals surface area contributed by atoms with Crippen molar-refractivity contribution < 1.29 is 14.3 Å². The van der Waals surface area contributed by atoms with Crippen LogP contribution in [0.1, 0.15) is 11.4 Å². The third-order valence-electron chi connectivity index (χ3n) is 3.77. The number of ether oxygens (including phenoxy) is 2. The Morgan fingerprint density at radius 1 is 1.28 bits per heavy atom. The van der Waals surface area contributed by atoms with Gasteiger partial charge in [-0.15, -0.1) is 10.2 Å². The zero-order valence-corrected chi connectivity index (χ0v) is 15.7. The summed E-state index contributed by atoms with van der Waals surface area (Å²) in [7, 11) is 4.99. The van der Waals surface area contributed by atoms with Crippen molar-refractivity contribution in [2.24, 2.45) is 0 Å². The lowest BCUT2D eigenvalue weighted by molar-refractivity contribution is -0.127. The number of carbonyl (C=O) groups excluding carboxylic acids is 1. The van der Waals surface area contributed by atoms with Crippen molar-refractivity contribution in [2.75, 3.05) is 39.4 Å². The van der Waals surface area contributed by atoms with Gasteiger partial charge in [-0.05, 0) is 31.0 Å². The van der Waals surface area contributed by atoms with Crippen LogP contribution in [0.4, 0.5) is 0 Å². The van der Waals surface area contributed by atoms with Crippen molar-refractivity contribution in [3.8, 4) is 11.5 Å².